The van der Waals surface area contributed by atoms with Crippen LogP contribution in [0.2, 0.25) is 0 Å². The van der Waals surface area contributed by atoms with E-state index in [1.807, 2.05) is 11.8 Å². The third kappa shape index (κ3) is 7.40. The summed E-state index contributed by atoms with van der Waals surface area (Å²) in [6.45, 7) is 2.43. The predicted molar refractivity (Wildman–Crippen MR) is 84.0 cm³/mol. The van der Waals surface area contributed by atoms with Crippen LogP contribution in [-0.4, -0.2) is 42.8 Å². The molecule has 112 valence electrons. The van der Waals surface area contributed by atoms with Gasteiger partial charge in [-0.25, -0.2) is 4.79 Å². The number of carboxylic acids is 1. The average molecular weight is 297 g/mol. The summed E-state index contributed by atoms with van der Waals surface area (Å²) in [7, 11) is 0. The van der Waals surface area contributed by atoms with Crippen molar-refractivity contribution in [3.05, 3.63) is 29.8 Å². The van der Waals surface area contributed by atoms with Gasteiger partial charge in [0.2, 0.25) is 0 Å². The fraction of sp³-hybridized carbons (Fsp3) is 0.533. The molecule has 0 saturated heterocycles. The first-order chi connectivity index (χ1) is 9.74. The van der Waals surface area contributed by atoms with Gasteiger partial charge in [-0.1, -0.05) is 6.42 Å². The molecule has 0 amide bonds. The van der Waals surface area contributed by atoms with Crippen LogP contribution in [0, 0.1) is 0 Å². The molecule has 0 fully saturated rings. The molecule has 0 aliphatic carbocycles. The van der Waals surface area contributed by atoms with Crippen LogP contribution in [0.5, 0.6) is 5.75 Å². The summed E-state index contributed by atoms with van der Waals surface area (Å²) in [6, 6.07) is 6.48. The molecule has 0 aliphatic rings. The van der Waals surface area contributed by atoms with E-state index in [-0.39, 0.29) is 5.56 Å². The first kappa shape index (κ1) is 16.9. The number of thioether (sulfide) groups is 1. The van der Waals surface area contributed by atoms with E-state index in [0.717, 1.165) is 13.1 Å². The van der Waals surface area contributed by atoms with Crippen molar-refractivity contribution in [2.24, 2.45) is 0 Å². The zero-order chi connectivity index (χ0) is 14.6. The summed E-state index contributed by atoms with van der Waals surface area (Å²) < 4.78 is 5.53. The molecule has 0 unspecified atom stereocenters. The Kier molecular flexibility index (Phi) is 8.91. The monoisotopic (exact) mass is 297 g/mol. The highest BCUT2D eigenvalue weighted by molar-refractivity contribution is 7.98. The van der Waals surface area contributed by atoms with Crippen molar-refractivity contribution < 1.29 is 14.6 Å². The zero-order valence-corrected chi connectivity index (χ0v) is 12.7. The maximum Gasteiger partial charge on any atom is 0.335 e. The summed E-state index contributed by atoms with van der Waals surface area (Å²) in [5.41, 5.74) is 0.278. The van der Waals surface area contributed by atoms with Gasteiger partial charge in [0.05, 0.1) is 5.56 Å². The molecule has 4 nitrogen and oxygen atoms in total. The van der Waals surface area contributed by atoms with Gasteiger partial charge in [-0.3, -0.25) is 0 Å². The molecule has 20 heavy (non-hydrogen) atoms. The van der Waals surface area contributed by atoms with E-state index < -0.39 is 5.97 Å². The van der Waals surface area contributed by atoms with Crippen LogP contribution in [0.15, 0.2) is 24.3 Å². The highest BCUT2D eigenvalue weighted by Crippen LogP contribution is 2.11. The first-order valence-corrected chi connectivity index (χ1v) is 8.29. The van der Waals surface area contributed by atoms with Gasteiger partial charge in [0, 0.05) is 6.54 Å². The number of ether oxygens (including phenoxy) is 1. The lowest BCUT2D eigenvalue weighted by Crippen LogP contribution is -2.22. The molecule has 1 aromatic rings. The van der Waals surface area contributed by atoms with Gasteiger partial charge in [0.15, 0.2) is 0 Å². The standard InChI is InChI=1S/C15H23NO3S/c1-20-12-4-2-3-9-16-10-11-19-14-7-5-13(6-8-14)15(17)18/h5-8,16H,2-4,9-12H2,1H3,(H,17,18). The van der Waals surface area contributed by atoms with Crippen LogP contribution in [-0.2, 0) is 0 Å². The Morgan fingerprint density at radius 3 is 2.60 bits per heavy atom. The van der Waals surface area contributed by atoms with Crippen LogP contribution in [0.3, 0.4) is 0 Å². The van der Waals surface area contributed by atoms with Gasteiger partial charge in [-0.2, -0.15) is 11.8 Å². The van der Waals surface area contributed by atoms with E-state index in [9.17, 15) is 4.79 Å². The van der Waals surface area contributed by atoms with E-state index in [1.54, 1.807) is 24.3 Å². The van der Waals surface area contributed by atoms with Crippen molar-refractivity contribution in [1.82, 2.24) is 5.32 Å². The van der Waals surface area contributed by atoms with Gasteiger partial charge in [0.25, 0.3) is 0 Å². The lowest BCUT2D eigenvalue weighted by Gasteiger charge is -2.07. The number of aromatic carboxylic acids is 1. The second kappa shape index (κ2) is 10.6. The maximum absolute atomic E-state index is 10.7. The number of rotatable bonds is 11. The minimum atomic E-state index is -0.917. The molecule has 0 radical (unpaired) electrons. The van der Waals surface area contributed by atoms with Crippen molar-refractivity contribution in [2.45, 2.75) is 19.3 Å². The third-order valence-corrected chi connectivity index (χ3v) is 3.55. The molecule has 0 aliphatic heterocycles. The highest BCUT2D eigenvalue weighted by Gasteiger charge is 2.01. The number of nitrogens with one attached hydrogen (secondary N) is 1. The van der Waals surface area contributed by atoms with Crippen molar-refractivity contribution in [1.29, 1.82) is 0 Å². The van der Waals surface area contributed by atoms with E-state index in [4.69, 9.17) is 9.84 Å². The minimum Gasteiger partial charge on any atom is -0.492 e. The fourth-order valence-electron chi connectivity index (χ4n) is 1.73. The molecule has 0 heterocycles. The molecular weight excluding hydrogens is 274 g/mol. The molecule has 5 heteroatoms. The number of carboxylic acid groups (broad SMARTS) is 1. The quantitative estimate of drug-likeness (QED) is 0.615. The van der Waals surface area contributed by atoms with Crippen molar-refractivity contribution in [2.75, 3.05) is 31.7 Å². The summed E-state index contributed by atoms with van der Waals surface area (Å²) >= 11 is 1.90. The topological polar surface area (TPSA) is 58.6 Å². The fourth-order valence-corrected chi connectivity index (χ4v) is 2.23. The molecular formula is C15H23NO3S. The Bertz CT molecular complexity index is 381. The average Bonchev–Trinajstić information content (AvgIpc) is 2.46. The zero-order valence-electron chi connectivity index (χ0n) is 11.9. The van der Waals surface area contributed by atoms with E-state index >= 15 is 0 Å². The number of unbranched alkanes of at least 4 members (excludes halogenated alkanes) is 2. The molecule has 0 spiro atoms. The Balaban J connectivity index is 2.02. The molecule has 2 N–H and O–H groups in total. The van der Waals surface area contributed by atoms with Gasteiger partial charge >= 0.3 is 5.97 Å². The normalized spacial score (nSPS) is 10.4. The second-order valence-corrected chi connectivity index (χ2v) is 5.47. The van der Waals surface area contributed by atoms with Gasteiger partial charge in [-0.15, -0.1) is 0 Å². The predicted octanol–water partition coefficient (Wildman–Crippen LogP) is 2.89. The van der Waals surface area contributed by atoms with Gasteiger partial charge < -0.3 is 15.2 Å². The van der Waals surface area contributed by atoms with Crippen molar-refractivity contribution in [3.63, 3.8) is 0 Å². The lowest BCUT2D eigenvalue weighted by molar-refractivity contribution is 0.0697. The number of carbonyl (C=O) groups is 1. The van der Waals surface area contributed by atoms with Gasteiger partial charge in [-0.05, 0) is 55.7 Å². The third-order valence-electron chi connectivity index (χ3n) is 2.85. The van der Waals surface area contributed by atoms with Crippen LogP contribution in [0.4, 0.5) is 0 Å². The molecule has 0 bridgehead atoms. The second-order valence-electron chi connectivity index (χ2n) is 4.48. The summed E-state index contributed by atoms with van der Waals surface area (Å²) in [6.07, 6.45) is 5.90. The number of hydrogen-bond acceptors (Lipinski definition) is 4. The van der Waals surface area contributed by atoms with Crippen molar-refractivity contribution >= 4 is 17.7 Å². The lowest BCUT2D eigenvalue weighted by atomic mass is 10.2. The Labute approximate surface area is 124 Å². The number of hydrogen-bond donors (Lipinski definition) is 2. The Morgan fingerprint density at radius 1 is 1.20 bits per heavy atom. The summed E-state index contributed by atoms with van der Waals surface area (Å²) in [5, 5.41) is 12.1. The molecule has 1 rings (SSSR count). The van der Waals surface area contributed by atoms with Crippen LogP contribution < -0.4 is 10.1 Å². The van der Waals surface area contributed by atoms with Crippen LogP contribution in [0.25, 0.3) is 0 Å². The SMILES string of the molecule is CSCCCCCNCCOc1ccc(C(=O)O)cc1. The Morgan fingerprint density at radius 2 is 1.95 bits per heavy atom. The summed E-state index contributed by atoms with van der Waals surface area (Å²) in [5.74, 6) is 1.03. The van der Waals surface area contributed by atoms with Crippen LogP contribution in [0.1, 0.15) is 29.6 Å². The highest BCUT2D eigenvalue weighted by atomic mass is 32.2. The summed E-state index contributed by atoms with van der Waals surface area (Å²) in [4.78, 5) is 10.7. The van der Waals surface area contributed by atoms with Crippen molar-refractivity contribution in [3.8, 4) is 5.75 Å². The maximum atomic E-state index is 10.7. The Hall–Kier alpha value is -1.20. The van der Waals surface area contributed by atoms with Gasteiger partial charge in [0.1, 0.15) is 12.4 Å². The molecule has 0 saturated carbocycles. The first-order valence-electron chi connectivity index (χ1n) is 6.90. The molecule has 1 aromatic carbocycles. The van der Waals surface area contributed by atoms with E-state index in [2.05, 4.69) is 11.6 Å². The van der Waals surface area contributed by atoms with E-state index in [0.29, 0.717) is 12.4 Å². The smallest absolute Gasteiger partial charge is 0.335 e. The molecule has 0 aromatic heterocycles. The molecule has 0 atom stereocenters. The van der Waals surface area contributed by atoms with Crippen LogP contribution >= 0.6 is 11.8 Å². The number of benzene rings is 1. The largest absolute Gasteiger partial charge is 0.492 e. The minimum absolute atomic E-state index is 0.278. The van der Waals surface area contributed by atoms with E-state index in [1.165, 1.54) is 25.0 Å².